The molecule has 5 nitrogen and oxygen atoms in total. The highest BCUT2D eigenvalue weighted by molar-refractivity contribution is 5.76. The molecule has 5 heteroatoms. The first-order chi connectivity index (χ1) is 8.74. The smallest absolute Gasteiger partial charge is 0.223 e. The minimum Gasteiger partial charge on any atom is -0.369 e. The van der Waals surface area contributed by atoms with E-state index in [2.05, 4.69) is 10.3 Å². The lowest BCUT2D eigenvalue weighted by atomic mass is 10.0. The van der Waals surface area contributed by atoms with Crippen LogP contribution in [0.5, 0.6) is 0 Å². The van der Waals surface area contributed by atoms with Crippen LogP contribution in [0.15, 0.2) is 0 Å². The van der Waals surface area contributed by atoms with Crippen molar-refractivity contribution in [2.75, 3.05) is 0 Å². The third-order valence-electron chi connectivity index (χ3n) is 4.06. The van der Waals surface area contributed by atoms with Crippen molar-refractivity contribution in [3.05, 3.63) is 11.4 Å². The number of aromatic nitrogens is 3. The molecule has 2 aliphatic carbocycles. The fraction of sp³-hybridized carbons (Fsp3) is 0.769. The largest absolute Gasteiger partial charge is 0.369 e. The molecule has 0 bridgehead atoms. The first-order valence-electron chi connectivity index (χ1n) is 6.94. The van der Waals surface area contributed by atoms with Gasteiger partial charge >= 0.3 is 0 Å². The molecule has 0 aliphatic heterocycles. The topological polar surface area (TPSA) is 73.8 Å². The third-order valence-corrected chi connectivity index (χ3v) is 4.06. The number of carbonyl (C=O) groups is 1. The molecule has 1 aromatic heterocycles. The van der Waals surface area contributed by atoms with Crippen molar-refractivity contribution in [3.8, 4) is 0 Å². The fourth-order valence-electron chi connectivity index (χ4n) is 2.97. The van der Waals surface area contributed by atoms with E-state index in [4.69, 9.17) is 5.73 Å². The summed E-state index contributed by atoms with van der Waals surface area (Å²) in [4.78, 5) is 11.1. The Labute approximate surface area is 107 Å². The molecule has 0 aromatic carbocycles. The lowest BCUT2D eigenvalue weighted by Gasteiger charge is -2.13. The number of primary amides is 1. The quantitative estimate of drug-likeness (QED) is 0.855. The highest BCUT2D eigenvalue weighted by Gasteiger charge is 2.29. The van der Waals surface area contributed by atoms with Gasteiger partial charge in [-0.05, 0) is 31.6 Å². The van der Waals surface area contributed by atoms with E-state index >= 15 is 0 Å². The molecule has 98 valence electrons. The molecule has 2 saturated carbocycles. The van der Waals surface area contributed by atoms with Crippen molar-refractivity contribution in [1.29, 1.82) is 0 Å². The summed E-state index contributed by atoms with van der Waals surface area (Å²) in [7, 11) is 0. The first-order valence-corrected chi connectivity index (χ1v) is 6.94. The minimum absolute atomic E-state index is 0.233. The molecule has 1 amide bonds. The second kappa shape index (κ2) is 4.71. The lowest BCUT2D eigenvalue weighted by Crippen LogP contribution is -2.17. The summed E-state index contributed by atoms with van der Waals surface area (Å²) in [5, 5.41) is 8.45. The summed E-state index contributed by atoms with van der Waals surface area (Å²) < 4.78 is 2.05. The molecule has 0 radical (unpaired) electrons. The standard InChI is InChI=1S/C13H20N4O/c14-12(18)7-11-13(10-3-1-2-4-10)17(16-15-11)8-9-5-6-9/h9-10H,1-8H2,(H2,14,18). The highest BCUT2D eigenvalue weighted by Crippen LogP contribution is 2.37. The lowest BCUT2D eigenvalue weighted by molar-refractivity contribution is -0.117. The second-order valence-corrected chi connectivity index (χ2v) is 5.67. The van der Waals surface area contributed by atoms with Crippen LogP contribution in [0.3, 0.4) is 0 Å². The normalized spacial score (nSPS) is 20.4. The monoisotopic (exact) mass is 248 g/mol. The minimum atomic E-state index is -0.312. The SMILES string of the molecule is NC(=O)Cc1nnn(CC2CC2)c1C1CCCC1. The Morgan fingerprint density at radius 3 is 2.61 bits per heavy atom. The average molecular weight is 248 g/mol. The molecule has 2 fully saturated rings. The van der Waals surface area contributed by atoms with Crippen LogP contribution in [-0.2, 0) is 17.8 Å². The summed E-state index contributed by atoms with van der Waals surface area (Å²) >= 11 is 0. The molecular formula is C13H20N4O. The number of nitrogens with zero attached hydrogens (tertiary/aromatic N) is 3. The maximum Gasteiger partial charge on any atom is 0.223 e. The molecule has 3 rings (SSSR count). The zero-order chi connectivity index (χ0) is 12.5. The van der Waals surface area contributed by atoms with Gasteiger partial charge in [0.05, 0.1) is 17.8 Å². The van der Waals surface area contributed by atoms with Gasteiger partial charge in [0.25, 0.3) is 0 Å². The van der Waals surface area contributed by atoms with E-state index in [1.807, 2.05) is 4.68 Å². The Kier molecular flexibility index (Phi) is 3.06. The van der Waals surface area contributed by atoms with Crippen molar-refractivity contribution < 1.29 is 4.79 Å². The van der Waals surface area contributed by atoms with Crippen LogP contribution in [0.25, 0.3) is 0 Å². The number of nitrogens with two attached hydrogens (primary N) is 1. The van der Waals surface area contributed by atoms with Gasteiger partial charge in [0.1, 0.15) is 0 Å². The van der Waals surface area contributed by atoms with Gasteiger partial charge in [-0.2, -0.15) is 0 Å². The van der Waals surface area contributed by atoms with Gasteiger partial charge in [0.15, 0.2) is 0 Å². The molecule has 1 aromatic rings. The third kappa shape index (κ3) is 2.40. The summed E-state index contributed by atoms with van der Waals surface area (Å²) in [5.74, 6) is 0.995. The predicted octanol–water partition coefficient (Wildman–Crippen LogP) is 1.37. The zero-order valence-corrected chi connectivity index (χ0v) is 10.6. The summed E-state index contributed by atoms with van der Waals surface area (Å²) in [6.07, 6.45) is 7.78. The molecule has 2 N–H and O–H groups in total. The Hall–Kier alpha value is -1.39. The Balaban J connectivity index is 1.87. The van der Waals surface area contributed by atoms with Crippen LogP contribution < -0.4 is 5.73 Å². The van der Waals surface area contributed by atoms with Crippen LogP contribution >= 0.6 is 0 Å². The van der Waals surface area contributed by atoms with E-state index in [9.17, 15) is 4.79 Å². The Morgan fingerprint density at radius 2 is 2.00 bits per heavy atom. The molecule has 18 heavy (non-hydrogen) atoms. The van der Waals surface area contributed by atoms with Crippen molar-refractivity contribution in [1.82, 2.24) is 15.0 Å². The van der Waals surface area contributed by atoms with Crippen molar-refractivity contribution in [3.63, 3.8) is 0 Å². The van der Waals surface area contributed by atoms with E-state index < -0.39 is 0 Å². The van der Waals surface area contributed by atoms with Crippen molar-refractivity contribution in [2.24, 2.45) is 11.7 Å². The number of carbonyl (C=O) groups excluding carboxylic acids is 1. The van der Waals surface area contributed by atoms with Crippen LogP contribution in [0.2, 0.25) is 0 Å². The second-order valence-electron chi connectivity index (χ2n) is 5.67. The molecule has 0 atom stereocenters. The zero-order valence-electron chi connectivity index (χ0n) is 10.6. The van der Waals surface area contributed by atoms with Crippen molar-refractivity contribution in [2.45, 2.75) is 57.4 Å². The van der Waals surface area contributed by atoms with Crippen molar-refractivity contribution >= 4 is 5.91 Å². The van der Waals surface area contributed by atoms with E-state index in [-0.39, 0.29) is 12.3 Å². The Bertz CT molecular complexity index is 444. The van der Waals surface area contributed by atoms with Crippen LogP contribution in [0.1, 0.15) is 55.8 Å². The molecule has 2 aliphatic rings. The number of hydrogen-bond donors (Lipinski definition) is 1. The molecule has 1 heterocycles. The van der Waals surface area contributed by atoms with Crippen LogP contribution in [0.4, 0.5) is 0 Å². The summed E-state index contributed by atoms with van der Waals surface area (Å²) in [5.41, 5.74) is 7.31. The van der Waals surface area contributed by atoms with Gasteiger partial charge < -0.3 is 5.73 Å². The maximum atomic E-state index is 11.1. The molecule has 0 unspecified atom stereocenters. The molecular weight excluding hydrogens is 228 g/mol. The van der Waals surface area contributed by atoms with Crippen LogP contribution in [0, 0.1) is 5.92 Å². The average Bonchev–Trinajstić information content (AvgIpc) is 2.83. The van der Waals surface area contributed by atoms with E-state index in [0.29, 0.717) is 5.92 Å². The maximum absolute atomic E-state index is 11.1. The highest BCUT2D eigenvalue weighted by atomic mass is 16.1. The van der Waals surface area contributed by atoms with Gasteiger partial charge in [-0.1, -0.05) is 18.1 Å². The molecule has 0 saturated heterocycles. The number of amides is 1. The van der Waals surface area contributed by atoms with Gasteiger partial charge in [-0.15, -0.1) is 5.10 Å². The van der Waals surface area contributed by atoms with Gasteiger partial charge in [-0.25, -0.2) is 4.68 Å². The van der Waals surface area contributed by atoms with E-state index in [0.717, 1.165) is 18.2 Å². The van der Waals surface area contributed by atoms with Gasteiger partial charge in [0, 0.05) is 12.5 Å². The first kappa shape index (κ1) is 11.7. The fourth-order valence-corrected chi connectivity index (χ4v) is 2.97. The number of rotatable bonds is 5. The van der Waals surface area contributed by atoms with E-state index in [1.165, 1.54) is 44.2 Å². The Morgan fingerprint density at radius 1 is 1.28 bits per heavy atom. The summed E-state index contributed by atoms with van der Waals surface area (Å²) in [6.45, 7) is 0.970. The summed E-state index contributed by atoms with van der Waals surface area (Å²) in [6, 6.07) is 0. The predicted molar refractivity (Wildman–Crippen MR) is 66.9 cm³/mol. The van der Waals surface area contributed by atoms with Gasteiger partial charge in [0.2, 0.25) is 5.91 Å². The van der Waals surface area contributed by atoms with E-state index in [1.54, 1.807) is 0 Å². The molecule has 0 spiro atoms. The van der Waals surface area contributed by atoms with Crippen LogP contribution in [-0.4, -0.2) is 20.9 Å². The number of hydrogen-bond acceptors (Lipinski definition) is 3. The van der Waals surface area contributed by atoms with Gasteiger partial charge in [-0.3, -0.25) is 4.79 Å².